The van der Waals surface area contributed by atoms with Gasteiger partial charge in [0.1, 0.15) is 6.79 Å². The van der Waals surface area contributed by atoms with Crippen molar-refractivity contribution < 1.29 is 9.47 Å². The third kappa shape index (κ3) is 3.92. The highest BCUT2D eigenvalue weighted by atomic mass is 16.7. The lowest BCUT2D eigenvalue weighted by atomic mass is 10.9. The van der Waals surface area contributed by atoms with E-state index in [9.17, 15) is 0 Å². The summed E-state index contributed by atoms with van der Waals surface area (Å²) in [4.78, 5) is 0. The van der Waals surface area contributed by atoms with Crippen molar-refractivity contribution in [3.63, 3.8) is 0 Å². The minimum absolute atomic E-state index is 0.413. The van der Waals surface area contributed by atoms with Gasteiger partial charge in [0, 0.05) is 13.7 Å². The molecule has 0 spiro atoms. The fourth-order valence-corrected chi connectivity index (χ4v) is 0.167. The van der Waals surface area contributed by atoms with Gasteiger partial charge >= 0.3 is 0 Å². The Balaban J connectivity index is 2.34. The first-order chi connectivity index (χ1) is 2.91. The van der Waals surface area contributed by atoms with Gasteiger partial charge in [0.2, 0.25) is 0 Å². The van der Waals surface area contributed by atoms with Crippen molar-refractivity contribution in [3.8, 4) is 0 Å². The van der Waals surface area contributed by atoms with Gasteiger partial charge in [-0.2, -0.15) is 0 Å². The molecule has 0 aromatic rings. The van der Waals surface area contributed by atoms with Crippen LogP contribution in [-0.4, -0.2) is 20.5 Å². The Morgan fingerprint density at radius 1 is 1.50 bits per heavy atom. The third-order valence-electron chi connectivity index (χ3n) is 0.405. The van der Waals surface area contributed by atoms with Crippen molar-refractivity contribution >= 4 is 0 Å². The zero-order valence-corrected chi connectivity index (χ0v) is 4.23. The summed E-state index contributed by atoms with van der Waals surface area (Å²) < 4.78 is 9.32. The van der Waals surface area contributed by atoms with Crippen LogP contribution in [-0.2, 0) is 9.47 Å². The van der Waals surface area contributed by atoms with E-state index in [0.29, 0.717) is 6.79 Å². The minimum atomic E-state index is 0.413. The van der Waals surface area contributed by atoms with Gasteiger partial charge in [-0.3, -0.25) is 0 Å². The Morgan fingerprint density at radius 3 is 2.33 bits per heavy atom. The van der Waals surface area contributed by atoms with Crippen LogP contribution in [0.4, 0.5) is 0 Å². The molecule has 0 radical (unpaired) electrons. The molecule has 6 heavy (non-hydrogen) atoms. The highest BCUT2D eigenvalue weighted by molar-refractivity contribution is 4.02. The second-order valence-corrected chi connectivity index (χ2v) is 0.899. The molecule has 0 bridgehead atoms. The quantitative estimate of drug-likeness (QED) is 0.373. The van der Waals surface area contributed by atoms with Crippen LogP contribution in [0.5, 0.6) is 0 Å². The third-order valence-corrected chi connectivity index (χ3v) is 0.405. The highest BCUT2D eigenvalue weighted by Gasteiger charge is 1.71. The molecule has 0 aromatic heterocycles. The van der Waals surface area contributed by atoms with E-state index in [1.807, 2.05) is 6.92 Å². The van der Waals surface area contributed by atoms with E-state index in [1.54, 1.807) is 7.11 Å². The molecule has 0 rings (SSSR count). The average molecular weight is 90.1 g/mol. The molecule has 0 atom stereocenters. The van der Waals surface area contributed by atoms with Crippen LogP contribution >= 0.6 is 0 Å². The van der Waals surface area contributed by atoms with E-state index >= 15 is 0 Å². The van der Waals surface area contributed by atoms with Gasteiger partial charge in [-0.25, -0.2) is 0 Å². The molecule has 0 fully saturated rings. The summed E-state index contributed by atoms with van der Waals surface area (Å²) in [7, 11) is 1.61. The molecular formula is C4H10O2. The smallest absolute Gasteiger partial charge is 0.146 e. The van der Waals surface area contributed by atoms with Gasteiger partial charge in [0.25, 0.3) is 0 Å². The summed E-state index contributed by atoms with van der Waals surface area (Å²) in [6.07, 6.45) is 0. The van der Waals surface area contributed by atoms with Crippen LogP contribution in [0.25, 0.3) is 0 Å². The van der Waals surface area contributed by atoms with Crippen LogP contribution in [0.2, 0.25) is 0 Å². The summed E-state index contributed by atoms with van der Waals surface area (Å²) in [5, 5.41) is 0. The second kappa shape index (κ2) is 4.92. The van der Waals surface area contributed by atoms with E-state index in [0.717, 1.165) is 6.61 Å². The lowest BCUT2D eigenvalue weighted by Crippen LogP contribution is -1.93. The molecule has 0 amide bonds. The molecule has 0 saturated carbocycles. The summed E-state index contributed by atoms with van der Waals surface area (Å²) in [6, 6.07) is 0. The zero-order valence-electron chi connectivity index (χ0n) is 4.23. The first kappa shape index (κ1) is 5.92. The maximum Gasteiger partial charge on any atom is 0.146 e. The van der Waals surface area contributed by atoms with Crippen molar-refractivity contribution in [2.75, 3.05) is 20.5 Å². The van der Waals surface area contributed by atoms with Crippen LogP contribution in [0, 0.1) is 0 Å². The fourth-order valence-electron chi connectivity index (χ4n) is 0.167. The Kier molecular flexibility index (Phi) is 4.85. The summed E-state index contributed by atoms with van der Waals surface area (Å²) >= 11 is 0. The van der Waals surface area contributed by atoms with E-state index in [2.05, 4.69) is 4.74 Å². The van der Waals surface area contributed by atoms with E-state index in [4.69, 9.17) is 4.74 Å². The topological polar surface area (TPSA) is 18.5 Å². The van der Waals surface area contributed by atoms with Crippen LogP contribution in [0.15, 0.2) is 0 Å². The molecule has 2 heteroatoms. The average Bonchev–Trinajstić information content (AvgIpc) is 1.61. The summed E-state index contributed by atoms with van der Waals surface area (Å²) in [6.45, 7) is 3.07. The fraction of sp³-hybridized carbons (Fsp3) is 1.00. The molecule has 38 valence electrons. The predicted molar refractivity (Wildman–Crippen MR) is 23.5 cm³/mol. The molecule has 0 N–H and O–H groups in total. The van der Waals surface area contributed by atoms with E-state index in [1.165, 1.54) is 0 Å². The largest absolute Gasteiger partial charge is 0.359 e. The zero-order chi connectivity index (χ0) is 4.83. The Morgan fingerprint density at radius 2 is 2.17 bits per heavy atom. The number of methoxy groups -OCH3 is 1. The van der Waals surface area contributed by atoms with Gasteiger partial charge in [-0.15, -0.1) is 0 Å². The predicted octanol–water partition coefficient (Wildman–Crippen LogP) is 0.627. The highest BCUT2D eigenvalue weighted by Crippen LogP contribution is 1.68. The lowest BCUT2D eigenvalue weighted by Gasteiger charge is -1.93. The van der Waals surface area contributed by atoms with Crippen molar-refractivity contribution in [1.82, 2.24) is 0 Å². The van der Waals surface area contributed by atoms with Crippen molar-refractivity contribution in [2.45, 2.75) is 6.92 Å². The Hall–Kier alpha value is -0.0800. The SMILES string of the molecule is CCOCOC. The Bertz CT molecular complexity index is 17.5. The molecule has 0 saturated heterocycles. The molecule has 0 aliphatic heterocycles. The minimum Gasteiger partial charge on any atom is -0.359 e. The van der Waals surface area contributed by atoms with Gasteiger partial charge in [-0.05, 0) is 6.92 Å². The van der Waals surface area contributed by atoms with Gasteiger partial charge in [0.15, 0.2) is 0 Å². The molecule has 0 unspecified atom stereocenters. The number of hydrogen-bond acceptors (Lipinski definition) is 2. The van der Waals surface area contributed by atoms with Crippen molar-refractivity contribution in [2.24, 2.45) is 0 Å². The van der Waals surface area contributed by atoms with Gasteiger partial charge in [0.05, 0.1) is 0 Å². The Labute approximate surface area is 38.1 Å². The molecule has 0 aliphatic carbocycles. The molecule has 0 aliphatic rings. The van der Waals surface area contributed by atoms with E-state index < -0.39 is 0 Å². The molecular weight excluding hydrogens is 80.0 g/mol. The normalized spacial score (nSPS) is 9.00. The summed E-state index contributed by atoms with van der Waals surface area (Å²) in [5.74, 6) is 0. The van der Waals surface area contributed by atoms with Gasteiger partial charge < -0.3 is 9.47 Å². The maximum atomic E-state index is 4.76. The van der Waals surface area contributed by atoms with Crippen LogP contribution < -0.4 is 0 Å². The van der Waals surface area contributed by atoms with Crippen molar-refractivity contribution in [1.29, 1.82) is 0 Å². The summed E-state index contributed by atoms with van der Waals surface area (Å²) in [5.41, 5.74) is 0. The molecule has 0 heterocycles. The van der Waals surface area contributed by atoms with Crippen molar-refractivity contribution in [3.05, 3.63) is 0 Å². The number of rotatable bonds is 3. The van der Waals surface area contributed by atoms with Gasteiger partial charge in [-0.1, -0.05) is 0 Å². The standard InChI is InChI=1S/C4H10O2/c1-3-6-4-5-2/h3-4H2,1-2H3. The first-order valence-electron chi connectivity index (χ1n) is 1.98. The molecule has 0 aromatic carbocycles. The van der Waals surface area contributed by atoms with Crippen LogP contribution in [0.1, 0.15) is 6.92 Å². The second-order valence-electron chi connectivity index (χ2n) is 0.899. The van der Waals surface area contributed by atoms with Crippen LogP contribution in [0.3, 0.4) is 0 Å². The number of hydrogen-bond donors (Lipinski definition) is 0. The van der Waals surface area contributed by atoms with E-state index in [-0.39, 0.29) is 0 Å². The number of ether oxygens (including phenoxy) is 2. The maximum absolute atomic E-state index is 4.76. The molecule has 2 nitrogen and oxygen atoms in total. The first-order valence-corrected chi connectivity index (χ1v) is 1.98. The lowest BCUT2D eigenvalue weighted by molar-refractivity contribution is -0.0250. The monoisotopic (exact) mass is 90.1 g/mol.